The van der Waals surface area contributed by atoms with Gasteiger partial charge in [0.2, 0.25) is 0 Å². The van der Waals surface area contributed by atoms with Crippen LogP contribution in [0.4, 0.5) is 24.5 Å². The van der Waals surface area contributed by atoms with Gasteiger partial charge in [-0.05, 0) is 56.1 Å². The second-order valence-electron chi connectivity index (χ2n) is 7.89. The van der Waals surface area contributed by atoms with E-state index in [9.17, 15) is 23.1 Å². The minimum Gasteiger partial charge on any atom is -0.396 e. The van der Waals surface area contributed by atoms with Crippen molar-refractivity contribution in [2.24, 2.45) is 0 Å². The fourth-order valence-corrected chi connectivity index (χ4v) is 3.48. The lowest BCUT2D eigenvalue weighted by molar-refractivity contribution is -0.0784. The minimum absolute atomic E-state index is 0.0240. The number of benzene rings is 2. The zero-order valence-electron chi connectivity index (χ0n) is 19.2. The minimum atomic E-state index is -1.29. The highest BCUT2D eigenvalue weighted by atomic mass is 19.2. The second kappa shape index (κ2) is 12.0. The molecule has 1 amide bonds. The Morgan fingerprint density at radius 3 is 2.42 bits per heavy atom. The van der Waals surface area contributed by atoms with Gasteiger partial charge in [-0.25, -0.2) is 13.2 Å². The van der Waals surface area contributed by atoms with Crippen LogP contribution in [0.3, 0.4) is 0 Å². The first kappa shape index (κ1) is 26.6. The van der Waals surface area contributed by atoms with E-state index in [2.05, 4.69) is 10.6 Å². The number of aliphatic hydroxyl groups is 2. The zero-order chi connectivity index (χ0) is 24.6. The Morgan fingerprint density at radius 2 is 1.79 bits per heavy atom. The summed E-state index contributed by atoms with van der Waals surface area (Å²) in [5, 5.41) is 24.8. The maximum Gasteiger partial charge on any atom is 0.256 e. The Kier molecular flexibility index (Phi) is 9.70. The Balaban J connectivity index is 0.00000187. The SMILES string of the molecule is CC.Cc1ccc(Nc2c(C(=O)N3CC(O)(CNCCCCO)C3)ccc(F)c2F)c(F)c1. The third-order valence-corrected chi connectivity index (χ3v) is 5.18. The summed E-state index contributed by atoms with van der Waals surface area (Å²) in [5.74, 6) is -3.71. The van der Waals surface area contributed by atoms with Crippen LogP contribution in [0, 0.1) is 24.4 Å². The number of carbonyl (C=O) groups is 1. The second-order valence-corrected chi connectivity index (χ2v) is 7.89. The number of nitrogens with zero attached hydrogens (tertiary/aromatic N) is 1. The van der Waals surface area contributed by atoms with E-state index in [4.69, 9.17) is 5.11 Å². The molecule has 1 fully saturated rings. The molecule has 33 heavy (non-hydrogen) atoms. The topological polar surface area (TPSA) is 84.8 Å². The number of β-amino-alcohol motifs (C(OH)–C–C–N with tert-alkyl or cyclic N) is 1. The molecule has 0 saturated carbocycles. The van der Waals surface area contributed by atoms with Crippen LogP contribution >= 0.6 is 0 Å². The molecule has 0 aromatic heterocycles. The van der Waals surface area contributed by atoms with E-state index in [1.807, 2.05) is 13.8 Å². The lowest BCUT2D eigenvalue weighted by Gasteiger charge is -2.46. The van der Waals surface area contributed by atoms with Crippen LogP contribution in [0.5, 0.6) is 0 Å². The maximum absolute atomic E-state index is 14.5. The van der Waals surface area contributed by atoms with Gasteiger partial charge in [0.25, 0.3) is 5.91 Å². The predicted molar refractivity (Wildman–Crippen MR) is 122 cm³/mol. The van der Waals surface area contributed by atoms with Gasteiger partial charge < -0.3 is 25.7 Å². The van der Waals surface area contributed by atoms with Gasteiger partial charge in [0, 0.05) is 13.2 Å². The van der Waals surface area contributed by atoms with E-state index in [0.29, 0.717) is 18.5 Å². The number of likely N-dealkylation sites (tertiary alicyclic amines) is 1. The fourth-order valence-electron chi connectivity index (χ4n) is 3.48. The summed E-state index contributed by atoms with van der Waals surface area (Å²) in [6, 6.07) is 6.21. The number of rotatable bonds is 9. The lowest BCUT2D eigenvalue weighted by atomic mass is 9.92. The van der Waals surface area contributed by atoms with Gasteiger partial charge in [-0.3, -0.25) is 4.79 Å². The van der Waals surface area contributed by atoms with Crippen LogP contribution in [0.2, 0.25) is 0 Å². The van der Waals surface area contributed by atoms with Gasteiger partial charge in [0.15, 0.2) is 11.6 Å². The Hall–Kier alpha value is -2.62. The molecule has 0 unspecified atom stereocenters. The Morgan fingerprint density at radius 1 is 1.09 bits per heavy atom. The Labute approximate surface area is 192 Å². The van der Waals surface area contributed by atoms with Crippen molar-refractivity contribution in [3.05, 3.63) is 58.9 Å². The number of hydrogen-bond acceptors (Lipinski definition) is 5. The van der Waals surface area contributed by atoms with E-state index in [1.54, 1.807) is 13.0 Å². The van der Waals surface area contributed by atoms with Gasteiger partial charge in [-0.2, -0.15) is 0 Å². The molecule has 1 aliphatic rings. The van der Waals surface area contributed by atoms with Crippen LogP contribution in [-0.4, -0.2) is 59.4 Å². The van der Waals surface area contributed by atoms with Gasteiger partial charge in [-0.15, -0.1) is 0 Å². The van der Waals surface area contributed by atoms with Gasteiger partial charge in [0.1, 0.15) is 11.4 Å². The van der Waals surface area contributed by atoms with Gasteiger partial charge in [0.05, 0.1) is 30.0 Å². The molecular formula is C24H32F3N3O3. The van der Waals surface area contributed by atoms with Crippen LogP contribution in [0.1, 0.15) is 42.6 Å². The summed E-state index contributed by atoms with van der Waals surface area (Å²) < 4.78 is 42.6. The van der Waals surface area contributed by atoms with Crippen LogP contribution in [0.25, 0.3) is 0 Å². The molecule has 0 atom stereocenters. The summed E-state index contributed by atoms with van der Waals surface area (Å²) in [5.41, 5.74) is -1.16. The number of unbranched alkanes of at least 4 members (excludes halogenated alkanes) is 1. The van der Waals surface area contributed by atoms with Crippen LogP contribution in [-0.2, 0) is 0 Å². The van der Waals surface area contributed by atoms with Crippen molar-refractivity contribution in [1.82, 2.24) is 10.2 Å². The van der Waals surface area contributed by atoms with Crippen molar-refractivity contribution >= 4 is 17.3 Å². The highest BCUT2D eigenvalue weighted by Crippen LogP contribution is 2.31. The molecule has 2 aromatic carbocycles. The van der Waals surface area contributed by atoms with Crippen molar-refractivity contribution in [2.45, 2.75) is 39.2 Å². The largest absolute Gasteiger partial charge is 0.396 e. The number of anilines is 2. The normalized spacial score (nSPS) is 14.2. The molecule has 1 aliphatic heterocycles. The number of amides is 1. The summed E-state index contributed by atoms with van der Waals surface area (Å²) in [6.07, 6.45) is 1.41. The van der Waals surface area contributed by atoms with Crippen molar-refractivity contribution in [1.29, 1.82) is 0 Å². The maximum atomic E-state index is 14.5. The summed E-state index contributed by atoms with van der Waals surface area (Å²) >= 11 is 0. The molecule has 1 heterocycles. The van der Waals surface area contributed by atoms with E-state index in [-0.39, 0.29) is 37.5 Å². The lowest BCUT2D eigenvalue weighted by Crippen LogP contribution is -2.67. The van der Waals surface area contributed by atoms with Gasteiger partial charge >= 0.3 is 0 Å². The molecule has 182 valence electrons. The molecule has 6 nitrogen and oxygen atoms in total. The first-order valence-electron chi connectivity index (χ1n) is 11.1. The highest BCUT2D eigenvalue weighted by Gasteiger charge is 2.44. The quantitative estimate of drug-likeness (QED) is 0.423. The molecule has 4 N–H and O–H groups in total. The fraction of sp³-hybridized carbons (Fsp3) is 0.458. The van der Waals surface area contributed by atoms with Crippen molar-refractivity contribution in [2.75, 3.05) is 38.1 Å². The Bertz CT molecular complexity index is 950. The van der Waals surface area contributed by atoms with Crippen molar-refractivity contribution < 1.29 is 28.2 Å². The summed E-state index contributed by atoms with van der Waals surface area (Å²) in [4.78, 5) is 14.2. The molecule has 3 rings (SSSR count). The molecule has 9 heteroatoms. The summed E-state index contributed by atoms with van der Waals surface area (Å²) in [7, 11) is 0. The number of halogens is 3. The number of hydrogen-bond donors (Lipinski definition) is 4. The van der Waals surface area contributed by atoms with Gasteiger partial charge in [-0.1, -0.05) is 19.9 Å². The smallest absolute Gasteiger partial charge is 0.256 e. The molecule has 0 bridgehead atoms. The molecule has 0 radical (unpaired) electrons. The standard InChI is InChI=1S/C22H26F3N3O3.C2H6/c1-14-4-7-18(17(24)10-14)27-20-15(5-6-16(23)19(20)25)21(30)28-12-22(31,13-28)11-26-8-2-3-9-29;1-2/h4-7,10,26-27,29,31H,2-3,8-9,11-13H2,1H3;1-2H3. The van der Waals surface area contributed by atoms with Crippen LogP contribution in [0.15, 0.2) is 30.3 Å². The third kappa shape index (κ3) is 6.69. The average molecular weight is 468 g/mol. The number of carbonyl (C=O) groups excluding carboxylic acids is 1. The first-order valence-corrected chi connectivity index (χ1v) is 11.1. The highest BCUT2D eigenvalue weighted by molar-refractivity contribution is 6.01. The number of aliphatic hydroxyl groups excluding tert-OH is 1. The van der Waals surface area contributed by atoms with E-state index < -0.39 is 34.6 Å². The molecule has 2 aromatic rings. The molecule has 1 saturated heterocycles. The molecule has 0 spiro atoms. The molecule has 0 aliphatic carbocycles. The predicted octanol–water partition coefficient (Wildman–Crippen LogP) is 3.73. The first-order chi connectivity index (χ1) is 15.7. The van der Waals surface area contributed by atoms with E-state index in [1.165, 1.54) is 17.0 Å². The average Bonchev–Trinajstić information content (AvgIpc) is 2.77. The van der Waals surface area contributed by atoms with E-state index in [0.717, 1.165) is 18.6 Å². The molecular weight excluding hydrogens is 435 g/mol. The third-order valence-electron chi connectivity index (χ3n) is 5.18. The number of aryl methyl sites for hydroxylation is 1. The zero-order valence-corrected chi connectivity index (χ0v) is 19.2. The van der Waals surface area contributed by atoms with E-state index >= 15 is 0 Å². The van der Waals surface area contributed by atoms with Crippen molar-refractivity contribution in [3.8, 4) is 0 Å². The van der Waals surface area contributed by atoms with Crippen LogP contribution < -0.4 is 10.6 Å². The van der Waals surface area contributed by atoms with Crippen molar-refractivity contribution in [3.63, 3.8) is 0 Å². The summed E-state index contributed by atoms with van der Waals surface area (Å²) in [6.45, 7) is 6.73. The monoisotopic (exact) mass is 467 g/mol. The number of nitrogens with one attached hydrogen (secondary N) is 2.